The Bertz CT molecular complexity index is 736. The normalized spacial score (nSPS) is 10.6. The number of aromatic carboxylic acids is 1. The van der Waals surface area contributed by atoms with Gasteiger partial charge < -0.3 is 9.84 Å². The minimum atomic E-state index is -1.13. The molecule has 0 aliphatic rings. The topological polar surface area (TPSA) is 89.6 Å². The third-order valence-electron chi connectivity index (χ3n) is 2.63. The van der Waals surface area contributed by atoms with Crippen molar-refractivity contribution in [1.82, 2.24) is 19.4 Å². The van der Waals surface area contributed by atoms with Crippen LogP contribution in [0.1, 0.15) is 16.2 Å². The average molecular weight is 270 g/mol. The van der Waals surface area contributed by atoms with Crippen LogP contribution in [0.2, 0.25) is 0 Å². The molecule has 0 amide bonds. The van der Waals surface area contributed by atoms with Crippen LogP contribution in [0.4, 0.5) is 0 Å². The number of imidazole rings is 1. The highest BCUT2D eigenvalue weighted by atomic mass is 16.5. The van der Waals surface area contributed by atoms with E-state index in [9.17, 15) is 4.79 Å². The van der Waals surface area contributed by atoms with Crippen LogP contribution in [0.5, 0.6) is 5.75 Å². The summed E-state index contributed by atoms with van der Waals surface area (Å²) in [6.45, 7) is 0.148. The largest absolute Gasteiger partial charge is 0.485 e. The lowest BCUT2D eigenvalue weighted by atomic mass is 10.3. The first-order chi connectivity index (χ1) is 9.74. The first-order valence-corrected chi connectivity index (χ1v) is 5.84. The molecule has 100 valence electrons. The van der Waals surface area contributed by atoms with Crippen LogP contribution in [0.25, 0.3) is 5.78 Å². The van der Waals surface area contributed by atoms with Gasteiger partial charge in [-0.2, -0.15) is 0 Å². The standard InChI is InChI=1S/C13H10N4O3/c18-12(19)11-10(3-1-4-14-11)20-8-9-7-17-6-2-5-15-13(17)16-9/h1-7H,8H2,(H,18,19). The number of ether oxygens (including phenoxy) is 1. The van der Waals surface area contributed by atoms with Gasteiger partial charge in [0.2, 0.25) is 5.78 Å². The molecule has 0 saturated carbocycles. The number of pyridine rings is 1. The summed E-state index contributed by atoms with van der Waals surface area (Å²) in [4.78, 5) is 23.1. The Morgan fingerprint density at radius 2 is 2.15 bits per heavy atom. The summed E-state index contributed by atoms with van der Waals surface area (Å²) in [7, 11) is 0. The molecule has 3 aromatic rings. The van der Waals surface area contributed by atoms with Crippen molar-refractivity contribution in [2.45, 2.75) is 6.61 Å². The van der Waals surface area contributed by atoms with Crippen LogP contribution >= 0.6 is 0 Å². The molecule has 0 aliphatic carbocycles. The number of hydrogen-bond donors (Lipinski definition) is 1. The molecule has 3 rings (SSSR count). The molecular formula is C13H10N4O3. The van der Waals surface area contributed by atoms with Gasteiger partial charge in [0.25, 0.3) is 0 Å². The Morgan fingerprint density at radius 1 is 1.30 bits per heavy atom. The highest BCUT2D eigenvalue weighted by molar-refractivity contribution is 5.88. The van der Waals surface area contributed by atoms with Gasteiger partial charge in [-0.15, -0.1) is 0 Å². The van der Waals surface area contributed by atoms with Gasteiger partial charge in [-0.1, -0.05) is 0 Å². The van der Waals surface area contributed by atoms with Crippen molar-refractivity contribution < 1.29 is 14.6 Å². The molecule has 1 N–H and O–H groups in total. The first-order valence-electron chi connectivity index (χ1n) is 5.84. The van der Waals surface area contributed by atoms with E-state index in [2.05, 4.69) is 15.0 Å². The van der Waals surface area contributed by atoms with Gasteiger partial charge in [-0.05, 0) is 18.2 Å². The summed E-state index contributed by atoms with van der Waals surface area (Å²) >= 11 is 0. The van der Waals surface area contributed by atoms with Gasteiger partial charge in [0.15, 0.2) is 11.4 Å². The Balaban J connectivity index is 1.81. The van der Waals surface area contributed by atoms with Gasteiger partial charge in [-0.25, -0.2) is 19.7 Å². The predicted octanol–water partition coefficient (Wildman–Crippen LogP) is 1.40. The lowest BCUT2D eigenvalue weighted by Gasteiger charge is -2.05. The molecule has 3 aromatic heterocycles. The summed E-state index contributed by atoms with van der Waals surface area (Å²) in [6, 6.07) is 4.97. The average Bonchev–Trinajstić information content (AvgIpc) is 2.88. The van der Waals surface area contributed by atoms with E-state index >= 15 is 0 Å². The Hall–Kier alpha value is -2.96. The number of carboxylic acid groups (broad SMARTS) is 1. The van der Waals surface area contributed by atoms with Crippen molar-refractivity contribution in [3.63, 3.8) is 0 Å². The summed E-state index contributed by atoms with van der Waals surface area (Å²) < 4.78 is 7.23. The molecule has 0 radical (unpaired) electrons. The molecule has 7 nitrogen and oxygen atoms in total. The number of carbonyl (C=O) groups is 1. The van der Waals surface area contributed by atoms with Crippen molar-refractivity contribution in [3.05, 3.63) is 54.4 Å². The smallest absolute Gasteiger partial charge is 0.358 e. The molecule has 0 unspecified atom stereocenters. The molecule has 0 atom stereocenters. The van der Waals surface area contributed by atoms with E-state index in [1.54, 1.807) is 35.0 Å². The number of fused-ring (bicyclic) bond motifs is 1. The van der Waals surface area contributed by atoms with Crippen LogP contribution in [-0.2, 0) is 6.61 Å². The van der Waals surface area contributed by atoms with E-state index < -0.39 is 5.97 Å². The van der Waals surface area contributed by atoms with Crippen molar-refractivity contribution in [1.29, 1.82) is 0 Å². The summed E-state index contributed by atoms with van der Waals surface area (Å²) in [5.74, 6) is -0.349. The van der Waals surface area contributed by atoms with Crippen molar-refractivity contribution in [2.24, 2.45) is 0 Å². The number of nitrogens with zero attached hydrogens (tertiary/aromatic N) is 4. The van der Waals surface area contributed by atoms with Crippen LogP contribution in [-0.4, -0.2) is 30.4 Å². The van der Waals surface area contributed by atoms with E-state index in [-0.39, 0.29) is 18.1 Å². The van der Waals surface area contributed by atoms with Gasteiger partial charge in [0.05, 0.1) is 5.69 Å². The molecule has 0 saturated heterocycles. The number of hydrogen-bond acceptors (Lipinski definition) is 5. The maximum Gasteiger partial charge on any atom is 0.358 e. The molecule has 0 aliphatic heterocycles. The molecule has 0 bridgehead atoms. The van der Waals surface area contributed by atoms with Crippen molar-refractivity contribution in [2.75, 3.05) is 0 Å². The van der Waals surface area contributed by atoms with E-state index in [0.29, 0.717) is 11.5 Å². The fraction of sp³-hybridized carbons (Fsp3) is 0.0769. The molecule has 0 spiro atoms. The molecule has 20 heavy (non-hydrogen) atoms. The Labute approximate surface area is 113 Å². The zero-order chi connectivity index (χ0) is 13.9. The van der Waals surface area contributed by atoms with E-state index in [4.69, 9.17) is 9.84 Å². The fourth-order valence-corrected chi connectivity index (χ4v) is 1.77. The van der Waals surface area contributed by atoms with E-state index in [1.807, 2.05) is 6.20 Å². The quantitative estimate of drug-likeness (QED) is 0.770. The molecule has 7 heteroatoms. The lowest BCUT2D eigenvalue weighted by Crippen LogP contribution is -2.05. The number of aromatic nitrogens is 4. The fourth-order valence-electron chi connectivity index (χ4n) is 1.77. The van der Waals surface area contributed by atoms with Gasteiger partial charge in [0.1, 0.15) is 6.61 Å². The lowest BCUT2D eigenvalue weighted by molar-refractivity contribution is 0.0684. The first kappa shape index (κ1) is 12.1. The number of rotatable bonds is 4. The summed E-state index contributed by atoms with van der Waals surface area (Å²) in [5.41, 5.74) is 0.540. The molecule has 3 heterocycles. The van der Waals surface area contributed by atoms with E-state index in [1.165, 1.54) is 6.20 Å². The van der Waals surface area contributed by atoms with Gasteiger partial charge >= 0.3 is 5.97 Å². The van der Waals surface area contributed by atoms with E-state index in [0.717, 1.165) is 0 Å². The summed E-state index contributed by atoms with van der Waals surface area (Å²) in [5, 5.41) is 9.00. The predicted molar refractivity (Wildman–Crippen MR) is 68.5 cm³/mol. The van der Waals surface area contributed by atoms with Crippen molar-refractivity contribution >= 4 is 11.7 Å². The van der Waals surface area contributed by atoms with Gasteiger partial charge in [0, 0.05) is 24.8 Å². The van der Waals surface area contributed by atoms with Crippen LogP contribution in [0.15, 0.2) is 43.0 Å². The second kappa shape index (κ2) is 4.96. The Morgan fingerprint density at radius 3 is 2.95 bits per heavy atom. The highest BCUT2D eigenvalue weighted by Crippen LogP contribution is 2.16. The second-order valence-corrected chi connectivity index (χ2v) is 4.00. The SMILES string of the molecule is O=C(O)c1ncccc1OCc1cn2cccnc2n1. The molecular weight excluding hydrogens is 260 g/mol. The molecule has 0 aromatic carbocycles. The minimum absolute atomic E-state index is 0.116. The van der Waals surface area contributed by atoms with Crippen LogP contribution < -0.4 is 4.74 Å². The van der Waals surface area contributed by atoms with Crippen LogP contribution in [0.3, 0.4) is 0 Å². The minimum Gasteiger partial charge on any atom is -0.485 e. The summed E-state index contributed by atoms with van der Waals surface area (Å²) in [6.07, 6.45) is 6.66. The van der Waals surface area contributed by atoms with Crippen LogP contribution in [0, 0.1) is 0 Å². The van der Waals surface area contributed by atoms with Gasteiger partial charge in [-0.3, -0.25) is 4.40 Å². The second-order valence-electron chi connectivity index (χ2n) is 4.00. The maximum atomic E-state index is 11.0. The van der Waals surface area contributed by atoms with Crippen molar-refractivity contribution in [3.8, 4) is 5.75 Å². The monoisotopic (exact) mass is 270 g/mol. The molecule has 0 fully saturated rings. The third-order valence-corrected chi connectivity index (χ3v) is 2.63. The Kier molecular flexibility index (Phi) is 3.00. The zero-order valence-corrected chi connectivity index (χ0v) is 10.3. The number of carboxylic acids is 1. The third kappa shape index (κ3) is 2.28. The highest BCUT2D eigenvalue weighted by Gasteiger charge is 2.12. The zero-order valence-electron chi connectivity index (χ0n) is 10.3. The maximum absolute atomic E-state index is 11.0.